The van der Waals surface area contributed by atoms with E-state index in [1.165, 1.54) is 0 Å². The van der Waals surface area contributed by atoms with Gasteiger partial charge in [-0.15, -0.1) is 0 Å². The highest BCUT2D eigenvalue weighted by Gasteiger charge is 1.89. The van der Waals surface area contributed by atoms with Gasteiger partial charge in [0.15, 0.2) is 0 Å². The molecule has 11 heavy (non-hydrogen) atoms. The lowest BCUT2D eigenvalue weighted by molar-refractivity contribution is 0.159. The first-order chi connectivity index (χ1) is 5.13. The molecular weight excluding hydrogens is 142 g/mol. The first-order valence-electron chi connectivity index (χ1n) is 3.72. The minimum Gasteiger partial charge on any atom is -0.449 e. The van der Waals surface area contributed by atoms with Crippen LogP contribution in [0.3, 0.4) is 0 Å². The minimum atomic E-state index is -0.706. The third kappa shape index (κ3) is 9.01. The fourth-order valence-electron chi connectivity index (χ4n) is 0.596. The molecule has 0 aliphatic rings. The largest absolute Gasteiger partial charge is 0.449 e. The van der Waals surface area contributed by atoms with Crippen molar-refractivity contribution in [3.63, 3.8) is 0 Å². The van der Waals surface area contributed by atoms with Gasteiger partial charge in [-0.25, -0.2) is 4.79 Å². The maximum Gasteiger partial charge on any atom is 0.404 e. The van der Waals surface area contributed by atoms with E-state index >= 15 is 0 Å². The van der Waals surface area contributed by atoms with E-state index in [0.29, 0.717) is 12.5 Å². The number of carbonyl (C=O) groups excluding carboxylic acids is 1. The molecule has 0 heterocycles. The highest BCUT2D eigenvalue weighted by Crippen LogP contribution is 1.95. The van der Waals surface area contributed by atoms with Gasteiger partial charge in [0.05, 0.1) is 6.61 Å². The summed E-state index contributed by atoms with van der Waals surface area (Å²) in [5.74, 6) is 0.545. The van der Waals surface area contributed by atoms with Crippen molar-refractivity contribution in [1.29, 1.82) is 0 Å². The van der Waals surface area contributed by atoms with E-state index in [0.717, 1.165) is 6.42 Å². The SMILES string of the molecule is CC(C)/C=C\CCOC(N)=O. The zero-order valence-electron chi connectivity index (χ0n) is 7.04. The Balaban J connectivity index is 3.20. The zero-order valence-corrected chi connectivity index (χ0v) is 7.04. The minimum absolute atomic E-state index is 0.374. The van der Waals surface area contributed by atoms with Gasteiger partial charge in [-0.1, -0.05) is 26.0 Å². The zero-order chi connectivity index (χ0) is 8.69. The quantitative estimate of drug-likeness (QED) is 0.498. The second kappa shape index (κ2) is 5.77. The fourth-order valence-corrected chi connectivity index (χ4v) is 0.596. The molecule has 0 bridgehead atoms. The number of carbonyl (C=O) groups is 1. The topological polar surface area (TPSA) is 52.3 Å². The summed E-state index contributed by atoms with van der Waals surface area (Å²) >= 11 is 0. The van der Waals surface area contributed by atoms with Crippen molar-refractivity contribution in [1.82, 2.24) is 0 Å². The Labute approximate surface area is 67.2 Å². The maximum atomic E-state index is 10.1. The Hall–Kier alpha value is -0.990. The summed E-state index contributed by atoms with van der Waals surface area (Å²) in [7, 11) is 0. The van der Waals surface area contributed by atoms with E-state index < -0.39 is 6.09 Å². The van der Waals surface area contributed by atoms with Gasteiger partial charge in [0.1, 0.15) is 0 Å². The van der Waals surface area contributed by atoms with Crippen molar-refractivity contribution in [2.24, 2.45) is 11.7 Å². The first-order valence-corrected chi connectivity index (χ1v) is 3.72. The lowest BCUT2D eigenvalue weighted by atomic mass is 10.2. The predicted molar refractivity (Wildman–Crippen MR) is 44.1 cm³/mol. The number of ether oxygens (including phenoxy) is 1. The summed E-state index contributed by atoms with van der Waals surface area (Å²) in [5, 5.41) is 0. The molecule has 0 aromatic heterocycles. The van der Waals surface area contributed by atoms with Crippen LogP contribution in [0.2, 0.25) is 0 Å². The summed E-state index contributed by atoms with van der Waals surface area (Å²) in [6, 6.07) is 0. The summed E-state index contributed by atoms with van der Waals surface area (Å²) in [6.45, 7) is 4.55. The number of rotatable bonds is 4. The Morgan fingerprint density at radius 1 is 1.64 bits per heavy atom. The number of nitrogens with two attached hydrogens (primary N) is 1. The van der Waals surface area contributed by atoms with Gasteiger partial charge in [0.25, 0.3) is 0 Å². The summed E-state index contributed by atoms with van der Waals surface area (Å²) < 4.78 is 4.51. The number of hydrogen-bond donors (Lipinski definition) is 1. The van der Waals surface area contributed by atoms with Crippen LogP contribution >= 0.6 is 0 Å². The molecule has 0 aromatic rings. The molecule has 3 nitrogen and oxygen atoms in total. The molecule has 0 aliphatic carbocycles. The smallest absolute Gasteiger partial charge is 0.404 e. The third-order valence-corrected chi connectivity index (χ3v) is 1.05. The van der Waals surface area contributed by atoms with Crippen LogP contribution in [-0.4, -0.2) is 12.7 Å². The molecule has 0 rings (SSSR count). The Bertz CT molecular complexity index is 141. The molecule has 3 heteroatoms. The second-order valence-electron chi connectivity index (χ2n) is 2.63. The van der Waals surface area contributed by atoms with Crippen molar-refractivity contribution in [2.75, 3.05) is 6.61 Å². The van der Waals surface area contributed by atoms with Gasteiger partial charge in [0, 0.05) is 0 Å². The van der Waals surface area contributed by atoms with Crippen LogP contribution in [0.15, 0.2) is 12.2 Å². The summed E-state index contributed by atoms with van der Waals surface area (Å²) in [4.78, 5) is 10.1. The van der Waals surface area contributed by atoms with E-state index in [1.54, 1.807) is 0 Å². The lowest BCUT2D eigenvalue weighted by Gasteiger charge is -1.97. The standard InChI is InChI=1S/C8H15NO2/c1-7(2)5-3-4-6-11-8(9)10/h3,5,7H,4,6H2,1-2H3,(H2,9,10)/b5-3-. The van der Waals surface area contributed by atoms with Crippen LogP contribution in [0.5, 0.6) is 0 Å². The normalized spacial score (nSPS) is 10.8. The highest BCUT2D eigenvalue weighted by atomic mass is 16.5. The molecule has 0 saturated heterocycles. The molecule has 0 fully saturated rings. The predicted octanol–water partition coefficient (Wildman–Crippen LogP) is 1.68. The summed E-state index contributed by atoms with van der Waals surface area (Å²) in [5.41, 5.74) is 4.75. The van der Waals surface area contributed by atoms with Crippen LogP contribution in [0.25, 0.3) is 0 Å². The van der Waals surface area contributed by atoms with Crippen molar-refractivity contribution >= 4 is 6.09 Å². The van der Waals surface area contributed by atoms with Gasteiger partial charge in [-0.3, -0.25) is 0 Å². The van der Waals surface area contributed by atoms with Crippen molar-refractivity contribution in [2.45, 2.75) is 20.3 Å². The highest BCUT2D eigenvalue weighted by molar-refractivity contribution is 5.64. The van der Waals surface area contributed by atoms with E-state index in [4.69, 9.17) is 5.73 Å². The summed E-state index contributed by atoms with van der Waals surface area (Å²) in [6.07, 6.45) is 4.07. The number of allylic oxidation sites excluding steroid dienone is 1. The van der Waals surface area contributed by atoms with Crippen LogP contribution in [0, 0.1) is 5.92 Å². The Morgan fingerprint density at radius 3 is 2.73 bits per heavy atom. The third-order valence-electron chi connectivity index (χ3n) is 1.05. The van der Waals surface area contributed by atoms with E-state index in [2.05, 4.69) is 24.7 Å². The molecule has 2 N–H and O–H groups in total. The van der Waals surface area contributed by atoms with E-state index in [1.807, 2.05) is 6.08 Å². The average Bonchev–Trinajstić information content (AvgIpc) is 1.85. The molecule has 0 aliphatic heterocycles. The molecule has 64 valence electrons. The van der Waals surface area contributed by atoms with Crippen LogP contribution in [0.1, 0.15) is 20.3 Å². The molecule has 0 aromatic carbocycles. The monoisotopic (exact) mass is 157 g/mol. The van der Waals surface area contributed by atoms with Crippen LogP contribution in [0.4, 0.5) is 4.79 Å². The van der Waals surface area contributed by atoms with Gasteiger partial charge >= 0.3 is 6.09 Å². The molecule has 0 spiro atoms. The Kier molecular flexibility index (Phi) is 5.25. The van der Waals surface area contributed by atoms with E-state index in [9.17, 15) is 4.79 Å². The second-order valence-corrected chi connectivity index (χ2v) is 2.63. The number of primary amides is 1. The molecule has 0 saturated carbocycles. The molecule has 0 unspecified atom stereocenters. The maximum absolute atomic E-state index is 10.1. The molecule has 0 radical (unpaired) electrons. The van der Waals surface area contributed by atoms with Gasteiger partial charge < -0.3 is 10.5 Å². The van der Waals surface area contributed by atoms with Crippen molar-refractivity contribution in [3.8, 4) is 0 Å². The van der Waals surface area contributed by atoms with E-state index in [-0.39, 0.29) is 0 Å². The van der Waals surface area contributed by atoms with Crippen molar-refractivity contribution in [3.05, 3.63) is 12.2 Å². The molecular formula is C8H15NO2. The number of amides is 1. The number of hydrogen-bond acceptors (Lipinski definition) is 2. The lowest BCUT2D eigenvalue weighted by Crippen LogP contribution is -2.13. The van der Waals surface area contributed by atoms with Crippen LogP contribution in [-0.2, 0) is 4.74 Å². The molecule has 0 atom stereocenters. The Morgan fingerprint density at radius 2 is 2.27 bits per heavy atom. The fraction of sp³-hybridized carbons (Fsp3) is 0.625. The van der Waals surface area contributed by atoms with Crippen LogP contribution < -0.4 is 5.73 Å². The van der Waals surface area contributed by atoms with Crippen molar-refractivity contribution < 1.29 is 9.53 Å². The van der Waals surface area contributed by atoms with Gasteiger partial charge in [0.2, 0.25) is 0 Å². The van der Waals surface area contributed by atoms with Gasteiger partial charge in [-0.2, -0.15) is 0 Å². The average molecular weight is 157 g/mol. The molecule has 1 amide bonds. The first kappa shape index (κ1) is 10.0. The van der Waals surface area contributed by atoms with Gasteiger partial charge in [-0.05, 0) is 12.3 Å².